The zero-order valence-corrected chi connectivity index (χ0v) is 12.5. The Morgan fingerprint density at radius 2 is 1.88 bits per heavy atom. The van der Waals surface area contributed by atoms with Crippen LogP contribution in [0.1, 0.15) is 18.4 Å². The van der Waals surface area contributed by atoms with Gasteiger partial charge in [0.15, 0.2) is 0 Å². The van der Waals surface area contributed by atoms with Gasteiger partial charge in [-0.3, -0.25) is 0 Å². The Labute approximate surface area is 136 Å². The Balaban J connectivity index is 1.67. The minimum Gasteiger partial charge on any atom is -0.340 e. The molecule has 126 valence electrons. The molecule has 0 unspecified atom stereocenters. The van der Waals surface area contributed by atoms with E-state index in [2.05, 4.69) is 20.9 Å². The molecule has 0 atom stereocenters. The van der Waals surface area contributed by atoms with Gasteiger partial charge in [0.1, 0.15) is 5.82 Å². The standard InChI is InChI=1S/C16H15F3N4O/c17-16(18,19)12-3-1-2-4-13(12)23-14-8-7-11(9-20-14)22-15(24)21-10-5-6-10/h1-4,7-10H,5-6H2,(H,20,23)(H2,21,22,24). The van der Waals surface area contributed by atoms with Crippen molar-refractivity contribution in [2.75, 3.05) is 10.6 Å². The van der Waals surface area contributed by atoms with E-state index in [4.69, 9.17) is 0 Å². The molecule has 1 aliphatic rings. The molecule has 0 bridgehead atoms. The molecule has 8 heteroatoms. The van der Waals surface area contributed by atoms with Crippen LogP contribution in [0, 0.1) is 0 Å². The topological polar surface area (TPSA) is 66.0 Å². The van der Waals surface area contributed by atoms with Gasteiger partial charge < -0.3 is 16.0 Å². The summed E-state index contributed by atoms with van der Waals surface area (Å²) in [5, 5.41) is 8.02. The lowest BCUT2D eigenvalue weighted by Gasteiger charge is -2.14. The Bertz CT molecular complexity index is 727. The van der Waals surface area contributed by atoms with Gasteiger partial charge in [0, 0.05) is 6.04 Å². The molecule has 1 fully saturated rings. The number of nitrogens with one attached hydrogen (secondary N) is 3. The number of hydrogen-bond donors (Lipinski definition) is 3. The molecular formula is C16H15F3N4O. The number of nitrogens with zero attached hydrogens (tertiary/aromatic N) is 1. The van der Waals surface area contributed by atoms with Crippen molar-refractivity contribution in [3.05, 3.63) is 48.2 Å². The maximum absolute atomic E-state index is 13.0. The van der Waals surface area contributed by atoms with Gasteiger partial charge in [-0.15, -0.1) is 0 Å². The third-order valence-corrected chi connectivity index (χ3v) is 3.43. The normalized spacial score (nSPS) is 14.1. The summed E-state index contributed by atoms with van der Waals surface area (Å²) >= 11 is 0. The van der Waals surface area contributed by atoms with Crippen LogP contribution in [0.4, 0.5) is 35.2 Å². The van der Waals surface area contributed by atoms with Crippen LogP contribution in [0.25, 0.3) is 0 Å². The molecule has 0 radical (unpaired) electrons. The third kappa shape index (κ3) is 4.15. The van der Waals surface area contributed by atoms with E-state index in [9.17, 15) is 18.0 Å². The van der Waals surface area contributed by atoms with Crippen molar-refractivity contribution < 1.29 is 18.0 Å². The molecule has 3 rings (SSSR count). The molecule has 5 nitrogen and oxygen atoms in total. The SMILES string of the molecule is O=C(Nc1ccc(Nc2ccccc2C(F)(F)F)nc1)NC1CC1. The number of amides is 2. The minimum atomic E-state index is -4.45. The third-order valence-electron chi connectivity index (χ3n) is 3.43. The number of rotatable bonds is 4. The summed E-state index contributed by atoms with van der Waals surface area (Å²) in [5.41, 5.74) is -0.384. The predicted octanol–water partition coefficient (Wildman–Crippen LogP) is 4.13. The maximum atomic E-state index is 13.0. The quantitative estimate of drug-likeness (QED) is 0.786. The molecule has 0 aliphatic heterocycles. The average Bonchev–Trinajstić information content (AvgIpc) is 3.32. The number of aromatic nitrogens is 1. The van der Waals surface area contributed by atoms with E-state index in [0.29, 0.717) is 5.69 Å². The number of carbonyl (C=O) groups excluding carboxylic acids is 1. The number of halogens is 3. The van der Waals surface area contributed by atoms with Crippen LogP contribution < -0.4 is 16.0 Å². The number of alkyl halides is 3. The monoisotopic (exact) mass is 336 g/mol. The molecule has 1 aromatic carbocycles. The minimum absolute atomic E-state index is 0.0790. The highest BCUT2D eigenvalue weighted by Gasteiger charge is 2.33. The van der Waals surface area contributed by atoms with E-state index in [-0.39, 0.29) is 23.6 Å². The van der Waals surface area contributed by atoms with Crippen LogP contribution >= 0.6 is 0 Å². The van der Waals surface area contributed by atoms with Crippen LogP contribution in [0.15, 0.2) is 42.6 Å². The molecule has 1 aromatic heterocycles. The van der Waals surface area contributed by atoms with Gasteiger partial charge in [0.2, 0.25) is 0 Å². The Kier molecular flexibility index (Phi) is 4.28. The first-order valence-corrected chi connectivity index (χ1v) is 7.38. The summed E-state index contributed by atoms with van der Waals surface area (Å²) in [6.07, 6.45) is -1.11. The molecule has 2 aromatic rings. The fraction of sp³-hybridized carbons (Fsp3) is 0.250. The number of pyridine rings is 1. The van der Waals surface area contributed by atoms with Crippen molar-refractivity contribution in [1.29, 1.82) is 0 Å². The summed E-state index contributed by atoms with van der Waals surface area (Å²) in [7, 11) is 0. The molecule has 24 heavy (non-hydrogen) atoms. The van der Waals surface area contributed by atoms with E-state index in [0.717, 1.165) is 18.9 Å². The molecule has 1 saturated carbocycles. The van der Waals surface area contributed by atoms with E-state index in [1.54, 1.807) is 6.07 Å². The second-order valence-electron chi connectivity index (χ2n) is 5.47. The van der Waals surface area contributed by atoms with Crippen LogP contribution in [0.2, 0.25) is 0 Å². The molecule has 3 N–H and O–H groups in total. The van der Waals surface area contributed by atoms with Crippen molar-refractivity contribution >= 4 is 23.2 Å². The highest BCUT2D eigenvalue weighted by atomic mass is 19.4. The lowest BCUT2D eigenvalue weighted by molar-refractivity contribution is -0.136. The molecule has 1 heterocycles. The van der Waals surface area contributed by atoms with Crippen LogP contribution in [0.3, 0.4) is 0 Å². The molecule has 0 spiro atoms. The van der Waals surface area contributed by atoms with Gasteiger partial charge in [0.25, 0.3) is 0 Å². The molecule has 0 saturated heterocycles. The van der Waals surface area contributed by atoms with Crippen molar-refractivity contribution in [3.63, 3.8) is 0 Å². The van der Waals surface area contributed by atoms with Gasteiger partial charge in [-0.1, -0.05) is 12.1 Å². The summed E-state index contributed by atoms with van der Waals surface area (Å²) in [6.45, 7) is 0. The van der Waals surface area contributed by atoms with E-state index in [1.165, 1.54) is 30.5 Å². The number of carbonyl (C=O) groups is 1. The number of benzene rings is 1. The first-order chi connectivity index (χ1) is 11.4. The number of para-hydroxylation sites is 1. The summed E-state index contributed by atoms with van der Waals surface area (Å²) in [6, 6.07) is 8.15. The van der Waals surface area contributed by atoms with Gasteiger partial charge >= 0.3 is 12.2 Å². The van der Waals surface area contributed by atoms with Crippen molar-refractivity contribution in [3.8, 4) is 0 Å². The fourth-order valence-corrected chi connectivity index (χ4v) is 2.10. The highest BCUT2D eigenvalue weighted by Crippen LogP contribution is 2.35. The zero-order valence-electron chi connectivity index (χ0n) is 12.5. The molecule has 2 amide bonds. The van der Waals surface area contributed by atoms with Crippen LogP contribution in [-0.4, -0.2) is 17.1 Å². The summed E-state index contributed by atoms with van der Waals surface area (Å²) < 4.78 is 38.9. The van der Waals surface area contributed by atoms with Crippen molar-refractivity contribution in [1.82, 2.24) is 10.3 Å². The fourth-order valence-electron chi connectivity index (χ4n) is 2.10. The molecular weight excluding hydrogens is 321 g/mol. The van der Waals surface area contributed by atoms with Gasteiger partial charge in [-0.2, -0.15) is 13.2 Å². The smallest absolute Gasteiger partial charge is 0.340 e. The lowest BCUT2D eigenvalue weighted by atomic mass is 10.1. The first-order valence-electron chi connectivity index (χ1n) is 7.38. The van der Waals surface area contributed by atoms with E-state index in [1.807, 2.05) is 0 Å². The van der Waals surface area contributed by atoms with Crippen LogP contribution in [0.5, 0.6) is 0 Å². The second-order valence-corrected chi connectivity index (χ2v) is 5.47. The zero-order chi connectivity index (χ0) is 17.2. The number of urea groups is 1. The van der Waals surface area contributed by atoms with Gasteiger partial charge in [-0.05, 0) is 37.1 Å². The first kappa shape index (κ1) is 16.1. The Morgan fingerprint density at radius 1 is 1.12 bits per heavy atom. The van der Waals surface area contributed by atoms with E-state index < -0.39 is 11.7 Å². The average molecular weight is 336 g/mol. The number of hydrogen-bond acceptors (Lipinski definition) is 3. The van der Waals surface area contributed by atoms with Gasteiger partial charge in [0.05, 0.1) is 23.1 Å². The van der Waals surface area contributed by atoms with Crippen LogP contribution in [-0.2, 0) is 6.18 Å². The molecule has 1 aliphatic carbocycles. The second kappa shape index (κ2) is 6.38. The Hall–Kier alpha value is -2.77. The largest absolute Gasteiger partial charge is 0.418 e. The van der Waals surface area contributed by atoms with Gasteiger partial charge in [-0.25, -0.2) is 9.78 Å². The number of anilines is 3. The highest BCUT2D eigenvalue weighted by molar-refractivity contribution is 5.89. The lowest BCUT2D eigenvalue weighted by Crippen LogP contribution is -2.30. The Morgan fingerprint density at radius 3 is 2.50 bits per heavy atom. The van der Waals surface area contributed by atoms with Crippen molar-refractivity contribution in [2.45, 2.75) is 25.1 Å². The van der Waals surface area contributed by atoms with Crippen molar-refractivity contribution in [2.24, 2.45) is 0 Å². The summed E-state index contributed by atoms with van der Waals surface area (Å²) in [5.74, 6) is 0.250. The maximum Gasteiger partial charge on any atom is 0.418 e. The van der Waals surface area contributed by atoms with E-state index >= 15 is 0 Å². The predicted molar refractivity (Wildman–Crippen MR) is 84.1 cm³/mol. The summed E-state index contributed by atoms with van der Waals surface area (Å²) in [4.78, 5) is 15.6.